The molecule has 2 fully saturated rings. The number of aliphatic hydroxyl groups excluding tert-OH is 1. The number of carbonyl (C=O) groups is 2. The van der Waals surface area contributed by atoms with E-state index in [1.807, 2.05) is 6.92 Å². The highest BCUT2D eigenvalue weighted by atomic mass is 19.1. The number of nitrogens with zero attached hydrogens (tertiary/aromatic N) is 4. The second-order valence-electron chi connectivity index (χ2n) is 9.12. The number of hydrogen-bond donors (Lipinski definition) is 1. The number of piperazine rings is 1. The fourth-order valence-corrected chi connectivity index (χ4v) is 5.11. The lowest BCUT2D eigenvalue weighted by molar-refractivity contribution is -0.128. The van der Waals surface area contributed by atoms with Crippen LogP contribution >= 0.6 is 0 Å². The Morgan fingerprint density at radius 3 is 2.69 bits per heavy atom. The Hall–Kier alpha value is -3.53. The van der Waals surface area contributed by atoms with Crippen molar-refractivity contribution in [1.29, 1.82) is 0 Å². The number of hydrogen-bond acceptors (Lipinski definition) is 6. The smallest absolute Gasteiger partial charge is 0.262 e. The number of β-amino-alcohol motifs (C(OH)–C–C–N with tert-alkyl or cyclic N) is 1. The maximum Gasteiger partial charge on any atom is 0.262 e. The van der Waals surface area contributed by atoms with E-state index in [2.05, 4.69) is 11.6 Å². The summed E-state index contributed by atoms with van der Waals surface area (Å²) in [6.45, 7) is 6.30. The van der Waals surface area contributed by atoms with Crippen LogP contribution in [0.15, 0.2) is 36.9 Å². The summed E-state index contributed by atoms with van der Waals surface area (Å²) in [7, 11) is 0. The van der Waals surface area contributed by atoms with Crippen LogP contribution in [0.1, 0.15) is 23.7 Å². The van der Waals surface area contributed by atoms with Crippen molar-refractivity contribution >= 4 is 17.6 Å². The molecular weight excluding hydrogens is 458 g/mol. The van der Waals surface area contributed by atoms with Gasteiger partial charge in [0, 0.05) is 37.8 Å². The molecule has 2 aromatic rings. The van der Waals surface area contributed by atoms with E-state index < -0.39 is 29.7 Å². The fraction of sp³-hybridized carbons (Fsp3) is 0.400. The third kappa shape index (κ3) is 3.91. The van der Waals surface area contributed by atoms with E-state index in [1.165, 1.54) is 24.3 Å². The molecule has 1 aromatic heterocycles. The molecule has 0 bridgehead atoms. The standard InChI is InChI=1S/C25H26F2N4O4/c1-3-19(33)29-8-9-30-15(11-29)13-35-23-20(25(30)34)24(31-12-16(32)10-14(31)2)28-22(21(23)27)17-6-4-5-7-18(17)26/h3-7,14-16,32H,1,8-13H2,2H3/t14-,15+,16?/m0/s1. The molecule has 1 aromatic carbocycles. The second-order valence-corrected chi connectivity index (χ2v) is 9.12. The van der Waals surface area contributed by atoms with Crippen LogP contribution < -0.4 is 9.64 Å². The number of amides is 2. The van der Waals surface area contributed by atoms with E-state index in [-0.39, 0.29) is 66.6 Å². The number of pyridine rings is 1. The molecule has 2 amide bonds. The number of rotatable bonds is 3. The average molecular weight is 485 g/mol. The molecule has 10 heteroatoms. The van der Waals surface area contributed by atoms with Crippen LogP contribution in [0.3, 0.4) is 0 Å². The first-order valence-corrected chi connectivity index (χ1v) is 11.6. The summed E-state index contributed by atoms with van der Waals surface area (Å²) in [6, 6.07) is 5.01. The molecule has 0 spiro atoms. The van der Waals surface area contributed by atoms with Crippen molar-refractivity contribution in [1.82, 2.24) is 14.8 Å². The van der Waals surface area contributed by atoms with E-state index >= 15 is 4.39 Å². The van der Waals surface area contributed by atoms with Crippen LogP contribution in [0.25, 0.3) is 11.3 Å². The van der Waals surface area contributed by atoms with E-state index in [9.17, 15) is 19.1 Å². The zero-order valence-electron chi connectivity index (χ0n) is 19.3. The van der Waals surface area contributed by atoms with Gasteiger partial charge in [-0.2, -0.15) is 0 Å². The summed E-state index contributed by atoms with van der Waals surface area (Å²) in [6.07, 6.45) is 1.02. The lowest BCUT2D eigenvalue weighted by Crippen LogP contribution is -2.57. The first-order chi connectivity index (χ1) is 16.8. The van der Waals surface area contributed by atoms with Gasteiger partial charge in [0.2, 0.25) is 5.91 Å². The van der Waals surface area contributed by atoms with Crippen molar-refractivity contribution in [3.05, 3.63) is 54.1 Å². The van der Waals surface area contributed by atoms with Gasteiger partial charge in [0.1, 0.15) is 29.5 Å². The van der Waals surface area contributed by atoms with Crippen molar-refractivity contribution in [2.75, 3.05) is 37.7 Å². The lowest BCUT2D eigenvalue weighted by atomic mass is 10.1. The van der Waals surface area contributed by atoms with Gasteiger partial charge in [-0.05, 0) is 31.6 Å². The second kappa shape index (κ2) is 8.92. The van der Waals surface area contributed by atoms with Gasteiger partial charge in [0.15, 0.2) is 11.6 Å². The Bertz CT molecular complexity index is 1210. The summed E-state index contributed by atoms with van der Waals surface area (Å²) in [5.74, 6) is -2.44. The number of aliphatic hydroxyl groups is 1. The molecule has 5 rings (SSSR count). The van der Waals surface area contributed by atoms with Crippen LogP contribution in [0.5, 0.6) is 5.75 Å². The highest BCUT2D eigenvalue weighted by Crippen LogP contribution is 2.41. The van der Waals surface area contributed by atoms with E-state index in [1.54, 1.807) is 20.8 Å². The molecule has 3 aliphatic rings. The monoisotopic (exact) mass is 484 g/mol. The van der Waals surface area contributed by atoms with E-state index in [4.69, 9.17) is 4.74 Å². The maximum absolute atomic E-state index is 15.9. The zero-order chi connectivity index (χ0) is 24.9. The predicted molar refractivity (Wildman–Crippen MR) is 124 cm³/mol. The van der Waals surface area contributed by atoms with Crippen LogP contribution in [0, 0.1) is 11.6 Å². The van der Waals surface area contributed by atoms with Crippen LogP contribution in [-0.4, -0.2) is 82.7 Å². The molecule has 4 heterocycles. The number of benzene rings is 1. The normalized spacial score (nSPS) is 23.9. The van der Waals surface area contributed by atoms with E-state index in [0.717, 1.165) is 0 Å². The van der Waals surface area contributed by atoms with Gasteiger partial charge in [0.25, 0.3) is 5.91 Å². The summed E-state index contributed by atoms with van der Waals surface area (Å²) in [5.41, 5.74) is -0.363. The van der Waals surface area contributed by atoms with Gasteiger partial charge in [0.05, 0.1) is 12.1 Å². The van der Waals surface area contributed by atoms with Gasteiger partial charge in [-0.25, -0.2) is 13.8 Å². The highest BCUT2D eigenvalue weighted by Gasteiger charge is 2.42. The van der Waals surface area contributed by atoms with Crippen molar-refractivity contribution in [3.8, 4) is 17.0 Å². The first-order valence-electron chi connectivity index (χ1n) is 11.6. The summed E-state index contributed by atoms with van der Waals surface area (Å²) < 4.78 is 36.4. The molecule has 1 N–H and O–H groups in total. The minimum Gasteiger partial charge on any atom is -0.487 e. The topological polar surface area (TPSA) is 86.2 Å². The van der Waals surface area contributed by atoms with Crippen LogP contribution in [0.4, 0.5) is 14.6 Å². The number of fused-ring (bicyclic) bond motifs is 2. The molecule has 184 valence electrons. The van der Waals surface area contributed by atoms with Crippen molar-refractivity contribution in [3.63, 3.8) is 0 Å². The van der Waals surface area contributed by atoms with Gasteiger partial charge >= 0.3 is 0 Å². The quantitative estimate of drug-likeness (QED) is 0.673. The molecule has 8 nitrogen and oxygen atoms in total. The third-order valence-electron chi connectivity index (χ3n) is 6.89. The van der Waals surface area contributed by atoms with Gasteiger partial charge < -0.3 is 24.5 Å². The summed E-state index contributed by atoms with van der Waals surface area (Å²) >= 11 is 0. The number of ether oxygens (including phenoxy) is 1. The largest absolute Gasteiger partial charge is 0.487 e. The molecule has 0 aliphatic carbocycles. The molecule has 2 saturated heterocycles. The average Bonchev–Trinajstić information content (AvgIpc) is 3.11. The van der Waals surface area contributed by atoms with Gasteiger partial charge in [-0.1, -0.05) is 18.7 Å². The number of halogens is 2. The molecule has 3 atom stereocenters. The minimum absolute atomic E-state index is 0.0467. The Morgan fingerprint density at radius 2 is 2.00 bits per heavy atom. The molecule has 35 heavy (non-hydrogen) atoms. The van der Waals surface area contributed by atoms with Crippen molar-refractivity contribution < 1.29 is 28.2 Å². The van der Waals surface area contributed by atoms with Crippen LogP contribution in [0.2, 0.25) is 0 Å². The molecule has 0 radical (unpaired) electrons. The molecule has 0 saturated carbocycles. The van der Waals surface area contributed by atoms with Crippen molar-refractivity contribution in [2.24, 2.45) is 0 Å². The zero-order valence-corrected chi connectivity index (χ0v) is 19.3. The summed E-state index contributed by atoms with van der Waals surface area (Å²) in [4.78, 5) is 35.3. The Labute approximate surface area is 201 Å². The molecule has 1 unspecified atom stereocenters. The third-order valence-corrected chi connectivity index (χ3v) is 6.89. The van der Waals surface area contributed by atoms with Gasteiger partial charge in [-0.3, -0.25) is 9.59 Å². The minimum atomic E-state index is -0.923. The van der Waals surface area contributed by atoms with Crippen LogP contribution in [-0.2, 0) is 4.79 Å². The van der Waals surface area contributed by atoms with Gasteiger partial charge in [-0.15, -0.1) is 0 Å². The molecular formula is C25H26F2N4O4. The lowest BCUT2D eigenvalue weighted by Gasteiger charge is -2.39. The SMILES string of the molecule is C=CC(=O)N1CCN2C(=O)c3c(N4CC(O)C[C@@H]4C)nc(-c4ccccc4F)c(F)c3OC[C@H]2C1. The Kier molecular flexibility index (Phi) is 5.92. The maximum atomic E-state index is 15.9. The van der Waals surface area contributed by atoms with Crippen molar-refractivity contribution in [2.45, 2.75) is 31.5 Å². The molecule has 3 aliphatic heterocycles. The predicted octanol–water partition coefficient (Wildman–Crippen LogP) is 2.22. The Morgan fingerprint density at radius 1 is 1.23 bits per heavy atom. The number of carbonyl (C=O) groups excluding carboxylic acids is 2. The summed E-state index contributed by atoms with van der Waals surface area (Å²) in [5, 5.41) is 10.3. The fourth-order valence-electron chi connectivity index (χ4n) is 5.11. The number of anilines is 1. The first kappa shape index (κ1) is 23.2. The van der Waals surface area contributed by atoms with E-state index in [0.29, 0.717) is 13.0 Å². The highest BCUT2D eigenvalue weighted by molar-refractivity contribution is 6.03. The number of aromatic nitrogens is 1. The Balaban J connectivity index is 1.65.